The van der Waals surface area contributed by atoms with Crippen LogP contribution in [0.3, 0.4) is 0 Å². The number of esters is 1. The van der Waals surface area contributed by atoms with Crippen molar-refractivity contribution >= 4 is 17.6 Å². The Labute approximate surface area is 182 Å². The van der Waals surface area contributed by atoms with Gasteiger partial charge in [-0.1, -0.05) is 6.08 Å². The van der Waals surface area contributed by atoms with Crippen molar-refractivity contribution in [1.82, 2.24) is 0 Å². The molecule has 0 bridgehead atoms. The Morgan fingerprint density at radius 2 is 1.74 bits per heavy atom. The molecule has 1 amide bonds. The fourth-order valence-electron chi connectivity index (χ4n) is 3.93. The molecular weight excluding hydrogens is 398 g/mol. The lowest BCUT2D eigenvalue weighted by Gasteiger charge is -2.26. The summed E-state index contributed by atoms with van der Waals surface area (Å²) in [5.41, 5.74) is 0.430. The molecular formula is C24H27NO6. The lowest BCUT2D eigenvalue weighted by Crippen LogP contribution is -2.46. The van der Waals surface area contributed by atoms with Crippen molar-refractivity contribution in [2.45, 2.75) is 25.3 Å². The zero-order valence-corrected chi connectivity index (χ0v) is 18.3. The number of amides is 1. The van der Waals surface area contributed by atoms with Crippen LogP contribution in [0, 0.1) is 0 Å². The molecule has 0 radical (unpaired) electrons. The highest BCUT2D eigenvalue weighted by atomic mass is 16.5. The van der Waals surface area contributed by atoms with Crippen LogP contribution < -0.4 is 19.1 Å². The molecule has 0 saturated carbocycles. The zero-order valence-electron chi connectivity index (χ0n) is 18.3. The number of nitrogens with zero attached hydrogens (tertiary/aromatic N) is 1. The highest BCUT2D eigenvalue weighted by Crippen LogP contribution is 2.47. The van der Waals surface area contributed by atoms with Crippen LogP contribution in [0.25, 0.3) is 0 Å². The molecule has 2 aromatic carbocycles. The summed E-state index contributed by atoms with van der Waals surface area (Å²) in [5.74, 6) is 0.810. The van der Waals surface area contributed by atoms with E-state index in [2.05, 4.69) is 6.58 Å². The fourth-order valence-corrected chi connectivity index (χ4v) is 3.93. The third-order valence-electron chi connectivity index (χ3n) is 5.46. The number of carbonyl (C=O) groups is 2. The average molecular weight is 425 g/mol. The molecule has 164 valence electrons. The van der Waals surface area contributed by atoms with Gasteiger partial charge in [-0.05, 0) is 43.7 Å². The van der Waals surface area contributed by atoms with Gasteiger partial charge in [0.25, 0.3) is 0 Å². The summed E-state index contributed by atoms with van der Waals surface area (Å²) in [6.07, 6.45) is 1.68. The number of ether oxygens (including phenoxy) is 4. The average Bonchev–Trinajstić information content (AvgIpc) is 3.02. The highest BCUT2D eigenvalue weighted by Gasteiger charge is 2.57. The van der Waals surface area contributed by atoms with Gasteiger partial charge in [-0.2, -0.15) is 0 Å². The Kier molecular flexibility index (Phi) is 6.53. The lowest BCUT2D eigenvalue weighted by molar-refractivity contribution is -0.153. The largest absolute Gasteiger partial charge is 0.497 e. The standard InChI is InChI=1S/C24H27NO6/c1-6-12-24(23(27)31-7-2)19-13-17(28-3)10-11-20(19)25(22(24)26)15-16-8-9-18(29-4)14-21(16)30-5/h6,8-11,13-14H,1,7,12,15H2,2-5H3. The van der Waals surface area contributed by atoms with Crippen LogP contribution in [0.5, 0.6) is 17.2 Å². The van der Waals surface area contributed by atoms with Crippen molar-refractivity contribution in [2.75, 3.05) is 32.8 Å². The Morgan fingerprint density at radius 3 is 2.35 bits per heavy atom. The molecule has 7 heteroatoms. The summed E-state index contributed by atoms with van der Waals surface area (Å²) in [4.78, 5) is 28.5. The van der Waals surface area contributed by atoms with E-state index < -0.39 is 11.4 Å². The Morgan fingerprint density at radius 1 is 1.06 bits per heavy atom. The van der Waals surface area contributed by atoms with Gasteiger partial charge in [0.1, 0.15) is 17.2 Å². The fraction of sp³-hybridized carbons (Fsp3) is 0.333. The minimum atomic E-state index is -1.51. The number of carbonyl (C=O) groups excluding carboxylic acids is 2. The summed E-state index contributed by atoms with van der Waals surface area (Å²) in [7, 11) is 4.67. The maximum Gasteiger partial charge on any atom is 0.326 e. The normalized spacial score (nSPS) is 17.2. The minimum Gasteiger partial charge on any atom is -0.497 e. The molecule has 1 unspecified atom stereocenters. The second-order valence-electron chi connectivity index (χ2n) is 7.07. The number of hydrogen-bond donors (Lipinski definition) is 0. The second kappa shape index (κ2) is 9.12. The molecule has 7 nitrogen and oxygen atoms in total. The van der Waals surface area contributed by atoms with Crippen molar-refractivity contribution in [1.29, 1.82) is 0 Å². The van der Waals surface area contributed by atoms with E-state index in [4.69, 9.17) is 18.9 Å². The predicted molar refractivity (Wildman–Crippen MR) is 117 cm³/mol. The van der Waals surface area contributed by atoms with Gasteiger partial charge in [-0.15, -0.1) is 6.58 Å². The van der Waals surface area contributed by atoms with E-state index in [0.29, 0.717) is 28.5 Å². The van der Waals surface area contributed by atoms with E-state index in [1.54, 1.807) is 62.5 Å². The molecule has 1 heterocycles. The summed E-state index contributed by atoms with van der Waals surface area (Å²) in [6, 6.07) is 10.7. The number of rotatable bonds is 9. The summed E-state index contributed by atoms with van der Waals surface area (Å²) in [6.45, 7) is 5.86. The van der Waals surface area contributed by atoms with Crippen molar-refractivity contribution in [3.8, 4) is 17.2 Å². The summed E-state index contributed by atoms with van der Waals surface area (Å²) in [5, 5.41) is 0. The highest BCUT2D eigenvalue weighted by molar-refractivity contribution is 6.20. The monoisotopic (exact) mass is 425 g/mol. The molecule has 0 aromatic heterocycles. The minimum absolute atomic E-state index is 0.112. The van der Waals surface area contributed by atoms with Crippen LogP contribution >= 0.6 is 0 Å². The number of fused-ring (bicyclic) bond motifs is 1. The van der Waals surface area contributed by atoms with Crippen LogP contribution in [0.15, 0.2) is 49.1 Å². The number of methoxy groups -OCH3 is 3. The molecule has 0 fully saturated rings. The molecule has 0 saturated heterocycles. The third-order valence-corrected chi connectivity index (χ3v) is 5.46. The van der Waals surface area contributed by atoms with Crippen LogP contribution in [0.1, 0.15) is 24.5 Å². The number of allylic oxidation sites excluding steroid dienone is 1. The predicted octanol–water partition coefficient (Wildman–Crippen LogP) is 3.64. The van der Waals surface area contributed by atoms with E-state index in [1.165, 1.54) is 7.11 Å². The van der Waals surface area contributed by atoms with Crippen molar-refractivity contribution < 1.29 is 28.5 Å². The number of benzene rings is 2. The van der Waals surface area contributed by atoms with Gasteiger partial charge in [0.15, 0.2) is 5.41 Å². The van der Waals surface area contributed by atoms with E-state index in [-0.39, 0.29) is 25.5 Å². The molecule has 1 aliphatic rings. The first-order valence-corrected chi connectivity index (χ1v) is 9.96. The molecule has 31 heavy (non-hydrogen) atoms. The Bertz CT molecular complexity index is 1000. The second-order valence-corrected chi connectivity index (χ2v) is 7.07. The van der Waals surface area contributed by atoms with Gasteiger partial charge in [-0.3, -0.25) is 9.59 Å². The molecule has 0 aliphatic carbocycles. The maximum atomic E-state index is 13.8. The summed E-state index contributed by atoms with van der Waals surface area (Å²) >= 11 is 0. The van der Waals surface area contributed by atoms with E-state index in [0.717, 1.165) is 5.56 Å². The maximum absolute atomic E-state index is 13.8. The summed E-state index contributed by atoms with van der Waals surface area (Å²) < 4.78 is 21.5. The molecule has 1 aliphatic heterocycles. The van der Waals surface area contributed by atoms with Gasteiger partial charge in [0.2, 0.25) is 5.91 Å². The van der Waals surface area contributed by atoms with Gasteiger partial charge < -0.3 is 23.8 Å². The lowest BCUT2D eigenvalue weighted by atomic mass is 9.78. The van der Waals surface area contributed by atoms with Crippen LogP contribution in [0.4, 0.5) is 5.69 Å². The van der Waals surface area contributed by atoms with Crippen LogP contribution in [-0.4, -0.2) is 39.8 Å². The molecule has 0 N–H and O–H groups in total. The van der Waals surface area contributed by atoms with Crippen LogP contribution in [-0.2, 0) is 26.3 Å². The van der Waals surface area contributed by atoms with E-state index in [9.17, 15) is 9.59 Å². The molecule has 2 aromatic rings. The van der Waals surface area contributed by atoms with Gasteiger partial charge in [-0.25, -0.2) is 0 Å². The first-order chi connectivity index (χ1) is 15.0. The van der Waals surface area contributed by atoms with Gasteiger partial charge >= 0.3 is 5.97 Å². The number of hydrogen-bond acceptors (Lipinski definition) is 6. The molecule has 0 spiro atoms. The van der Waals surface area contributed by atoms with Crippen molar-refractivity contribution in [3.63, 3.8) is 0 Å². The topological polar surface area (TPSA) is 74.3 Å². The van der Waals surface area contributed by atoms with Gasteiger partial charge in [0, 0.05) is 22.9 Å². The number of anilines is 1. The Balaban J connectivity index is 2.15. The Hall–Kier alpha value is -3.48. The van der Waals surface area contributed by atoms with Crippen molar-refractivity contribution in [3.05, 3.63) is 60.2 Å². The molecule has 3 rings (SSSR count). The first kappa shape index (κ1) is 22.2. The third kappa shape index (κ3) is 3.71. The van der Waals surface area contributed by atoms with Gasteiger partial charge in [0.05, 0.1) is 34.5 Å². The van der Waals surface area contributed by atoms with E-state index >= 15 is 0 Å². The van der Waals surface area contributed by atoms with E-state index in [1.807, 2.05) is 6.07 Å². The molecule has 1 atom stereocenters. The van der Waals surface area contributed by atoms with Crippen molar-refractivity contribution in [2.24, 2.45) is 0 Å². The SMILES string of the molecule is C=CCC1(C(=O)OCC)C(=O)N(Cc2ccc(OC)cc2OC)c2ccc(OC)cc21. The van der Waals surface area contributed by atoms with Crippen LogP contribution in [0.2, 0.25) is 0 Å². The zero-order chi connectivity index (χ0) is 22.6. The quantitative estimate of drug-likeness (QED) is 0.347. The first-order valence-electron chi connectivity index (χ1n) is 9.96. The smallest absolute Gasteiger partial charge is 0.326 e.